The first-order valence-corrected chi connectivity index (χ1v) is 6.49. The standard InChI is InChI=1S/C13H10ClNO2S/c1-8(16)10-7-9(14)4-5-11(10)15-13(17)12-3-2-6-18-12/h2-7H,1H3,(H,15,17). The smallest absolute Gasteiger partial charge is 0.265 e. The molecule has 1 aromatic heterocycles. The Bertz CT molecular complexity index is 593. The third kappa shape index (κ3) is 2.78. The predicted molar refractivity (Wildman–Crippen MR) is 73.7 cm³/mol. The Hall–Kier alpha value is -1.65. The molecule has 0 spiro atoms. The summed E-state index contributed by atoms with van der Waals surface area (Å²) in [5.74, 6) is -0.367. The van der Waals surface area contributed by atoms with Crippen molar-refractivity contribution in [1.29, 1.82) is 0 Å². The summed E-state index contributed by atoms with van der Waals surface area (Å²) in [5, 5.41) is 5.00. The molecule has 1 amide bonds. The molecule has 0 aliphatic rings. The maximum atomic E-state index is 11.9. The van der Waals surface area contributed by atoms with Crippen molar-refractivity contribution in [2.45, 2.75) is 6.92 Å². The van der Waals surface area contributed by atoms with Crippen molar-refractivity contribution in [2.24, 2.45) is 0 Å². The highest BCUT2D eigenvalue weighted by Gasteiger charge is 2.12. The van der Waals surface area contributed by atoms with Crippen LogP contribution >= 0.6 is 22.9 Å². The molecule has 2 aromatic rings. The lowest BCUT2D eigenvalue weighted by molar-refractivity contribution is 0.101. The number of amides is 1. The van der Waals surface area contributed by atoms with Crippen LogP contribution in [-0.2, 0) is 0 Å². The van der Waals surface area contributed by atoms with Gasteiger partial charge < -0.3 is 5.32 Å². The number of carbonyl (C=O) groups excluding carboxylic acids is 2. The summed E-state index contributed by atoms with van der Waals surface area (Å²) in [4.78, 5) is 24.0. The number of ketones is 1. The van der Waals surface area contributed by atoms with Gasteiger partial charge >= 0.3 is 0 Å². The quantitative estimate of drug-likeness (QED) is 0.867. The Labute approximate surface area is 113 Å². The highest BCUT2D eigenvalue weighted by Crippen LogP contribution is 2.22. The summed E-state index contributed by atoms with van der Waals surface area (Å²) in [7, 11) is 0. The molecule has 18 heavy (non-hydrogen) atoms. The molecule has 0 aliphatic carbocycles. The van der Waals surface area contributed by atoms with Crippen LogP contribution in [0.25, 0.3) is 0 Å². The lowest BCUT2D eigenvalue weighted by Gasteiger charge is -2.08. The third-order valence-electron chi connectivity index (χ3n) is 2.35. The second-order valence-corrected chi connectivity index (χ2v) is 5.06. The van der Waals surface area contributed by atoms with Crippen LogP contribution in [0, 0.1) is 0 Å². The minimum Gasteiger partial charge on any atom is -0.321 e. The second-order valence-electron chi connectivity index (χ2n) is 3.68. The van der Waals surface area contributed by atoms with E-state index in [-0.39, 0.29) is 11.7 Å². The van der Waals surface area contributed by atoms with E-state index in [1.54, 1.807) is 30.3 Å². The fourth-order valence-corrected chi connectivity index (χ4v) is 2.30. The van der Waals surface area contributed by atoms with Crippen molar-refractivity contribution >= 4 is 40.3 Å². The Morgan fingerprint density at radius 1 is 1.28 bits per heavy atom. The van der Waals surface area contributed by atoms with Crippen LogP contribution in [0.5, 0.6) is 0 Å². The summed E-state index contributed by atoms with van der Waals surface area (Å²) < 4.78 is 0. The maximum Gasteiger partial charge on any atom is 0.265 e. The van der Waals surface area contributed by atoms with Gasteiger partial charge in [-0.05, 0) is 36.6 Å². The van der Waals surface area contributed by atoms with Gasteiger partial charge in [-0.25, -0.2) is 0 Å². The van der Waals surface area contributed by atoms with Crippen molar-refractivity contribution in [3.05, 3.63) is 51.2 Å². The summed E-state index contributed by atoms with van der Waals surface area (Å²) >= 11 is 7.18. The topological polar surface area (TPSA) is 46.2 Å². The zero-order valence-electron chi connectivity index (χ0n) is 9.57. The van der Waals surface area contributed by atoms with Crippen molar-refractivity contribution in [3.8, 4) is 0 Å². The molecule has 0 aliphatic heterocycles. The number of anilines is 1. The molecule has 5 heteroatoms. The van der Waals surface area contributed by atoms with Crippen molar-refractivity contribution in [2.75, 3.05) is 5.32 Å². The highest BCUT2D eigenvalue weighted by atomic mass is 35.5. The molecular weight excluding hydrogens is 270 g/mol. The van der Waals surface area contributed by atoms with Crippen molar-refractivity contribution in [1.82, 2.24) is 0 Å². The van der Waals surface area contributed by atoms with Gasteiger partial charge in [-0.3, -0.25) is 9.59 Å². The summed E-state index contributed by atoms with van der Waals surface area (Å²) in [6.45, 7) is 1.44. The van der Waals surface area contributed by atoms with Crippen molar-refractivity contribution in [3.63, 3.8) is 0 Å². The van der Waals surface area contributed by atoms with Crippen LogP contribution in [0.4, 0.5) is 5.69 Å². The van der Waals surface area contributed by atoms with Crippen molar-refractivity contribution < 1.29 is 9.59 Å². The molecule has 0 unspecified atom stereocenters. The normalized spacial score (nSPS) is 10.1. The molecule has 0 bridgehead atoms. The Balaban J connectivity index is 2.29. The van der Waals surface area contributed by atoms with E-state index < -0.39 is 0 Å². The van der Waals surface area contributed by atoms with E-state index in [1.807, 2.05) is 5.38 Å². The van der Waals surface area contributed by atoms with E-state index in [4.69, 9.17) is 11.6 Å². The summed E-state index contributed by atoms with van der Waals surface area (Å²) in [6, 6.07) is 8.34. The number of halogens is 1. The Morgan fingerprint density at radius 2 is 2.06 bits per heavy atom. The largest absolute Gasteiger partial charge is 0.321 e. The Kier molecular flexibility index (Phi) is 3.79. The molecular formula is C13H10ClNO2S. The molecule has 2 rings (SSSR count). The second kappa shape index (κ2) is 5.33. The predicted octanol–water partition coefficient (Wildman–Crippen LogP) is 3.86. The molecule has 1 aromatic carbocycles. The zero-order chi connectivity index (χ0) is 13.1. The number of hydrogen-bond acceptors (Lipinski definition) is 3. The monoisotopic (exact) mass is 279 g/mol. The minimum absolute atomic E-state index is 0.140. The van der Waals surface area contributed by atoms with Gasteiger partial charge in [0.05, 0.1) is 10.6 Å². The van der Waals surface area contributed by atoms with Crippen LogP contribution in [0.1, 0.15) is 27.0 Å². The number of benzene rings is 1. The summed E-state index contributed by atoms with van der Waals surface area (Å²) in [5.41, 5.74) is 0.887. The molecule has 92 valence electrons. The molecule has 0 atom stereocenters. The zero-order valence-corrected chi connectivity index (χ0v) is 11.1. The molecule has 3 nitrogen and oxygen atoms in total. The van der Waals surface area contributed by atoms with Crippen LogP contribution in [-0.4, -0.2) is 11.7 Å². The van der Waals surface area contributed by atoms with E-state index in [9.17, 15) is 9.59 Å². The third-order valence-corrected chi connectivity index (χ3v) is 3.46. The number of hydrogen-bond donors (Lipinski definition) is 1. The van der Waals surface area contributed by atoms with E-state index >= 15 is 0 Å². The lowest BCUT2D eigenvalue weighted by atomic mass is 10.1. The highest BCUT2D eigenvalue weighted by molar-refractivity contribution is 7.12. The molecule has 0 saturated heterocycles. The van der Waals surface area contributed by atoms with E-state index in [0.29, 0.717) is 21.2 Å². The maximum absolute atomic E-state index is 11.9. The number of carbonyl (C=O) groups is 2. The first kappa shape index (κ1) is 12.8. The average molecular weight is 280 g/mol. The molecule has 0 saturated carbocycles. The van der Waals surface area contributed by atoms with Gasteiger partial charge in [0.1, 0.15) is 0 Å². The number of rotatable bonds is 3. The number of nitrogens with one attached hydrogen (secondary N) is 1. The first-order valence-electron chi connectivity index (χ1n) is 5.23. The van der Waals surface area contributed by atoms with E-state index in [2.05, 4.69) is 5.32 Å². The Morgan fingerprint density at radius 3 is 2.67 bits per heavy atom. The lowest BCUT2D eigenvalue weighted by Crippen LogP contribution is -2.12. The van der Waals surface area contributed by atoms with Crippen LogP contribution < -0.4 is 5.32 Å². The number of Topliss-reactive ketones (excluding diaryl/α,β-unsaturated/α-hetero) is 1. The van der Waals surface area contributed by atoms with Crippen LogP contribution in [0.3, 0.4) is 0 Å². The van der Waals surface area contributed by atoms with Crippen LogP contribution in [0.15, 0.2) is 35.7 Å². The number of thiophene rings is 1. The minimum atomic E-state index is -0.227. The van der Waals surface area contributed by atoms with Gasteiger partial charge in [-0.15, -0.1) is 11.3 Å². The molecule has 1 N–H and O–H groups in total. The van der Waals surface area contributed by atoms with Crippen LogP contribution in [0.2, 0.25) is 5.02 Å². The van der Waals surface area contributed by atoms with E-state index in [0.717, 1.165) is 0 Å². The molecule has 0 fully saturated rings. The summed E-state index contributed by atoms with van der Waals surface area (Å²) in [6.07, 6.45) is 0. The van der Waals surface area contributed by atoms with Gasteiger partial charge in [0, 0.05) is 10.6 Å². The fraction of sp³-hybridized carbons (Fsp3) is 0.0769. The van der Waals surface area contributed by atoms with Gasteiger partial charge in [-0.1, -0.05) is 17.7 Å². The van der Waals surface area contributed by atoms with Gasteiger partial charge in [0.2, 0.25) is 0 Å². The fourth-order valence-electron chi connectivity index (χ4n) is 1.51. The first-order chi connectivity index (χ1) is 8.58. The van der Waals surface area contributed by atoms with E-state index in [1.165, 1.54) is 18.3 Å². The van der Waals surface area contributed by atoms with Gasteiger partial charge in [0.15, 0.2) is 5.78 Å². The SMILES string of the molecule is CC(=O)c1cc(Cl)ccc1NC(=O)c1cccs1. The average Bonchev–Trinajstić information content (AvgIpc) is 2.84. The van der Waals surface area contributed by atoms with Gasteiger partial charge in [0.25, 0.3) is 5.91 Å². The molecule has 1 heterocycles. The molecule has 0 radical (unpaired) electrons. The van der Waals surface area contributed by atoms with Gasteiger partial charge in [-0.2, -0.15) is 0 Å².